The van der Waals surface area contributed by atoms with E-state index < -0.39 is 0 Å². The van der Waals surface area contributed by atoms with Gasteiger partial charge in [-0.3, -0.25) is 0 Å². The molecule has 0 aromatic rings. The van der Waals surface area contributed by atoms with Crippen molar-refractivity contribution in [3.05, 3.63) is 11.6 Å². The van der Waals surface area contributed by atoms with Crippen LogP contribution in [0.3, 0.4) is 0 Å². The predicted molar refractivity (Wildman–Crippen MR) is 67.9 cm³/mol. The molecule has 2 atom stereocenters. The van der Waals surface area contributed by atoms with Crippen molar-refractivity contribution in [2.45, 2.75) is 66.4 Å². The normalized spacial score (nSPS) is 16.9. The summed E-state index contributed by atoms with van der Waals surface area (Å²) < 4.78 is 0. The molecular weight excluding hydrogens is 184 g/mol. The first-order chi connectivity index (χ1) is 6.95. The van der Waals surface area contributed by atoms with Gasteiger partial charge in [-0.05, 0) is 44.4 Å². The fraction of sp³-hybridized carbons (Fsp3) is 0.857. The topological polar surface area (TPSA) is 20.2 Å². The van der Waals surface area contributed by atoms with E-state index in [9.17, 15) is 5.11 Å². The van der Waals surface area contributed by atoms with Gasteiger partial charge in [0.05, 0.1) is 6.10 Å². The highest BCUT2D eigenvalue weighted by molar-refractivity contribution is 5.03. The Morgan fingerprint density at radius 2 is 1.80 bits per heavy atom. The van der Waals surface area contributed by atoms with E-state index in [-0.39, 0.29) is 6.10 Å². The SMILES string of the molecule is CC/C(=C\C(C)CC(C)O)CCC(C)C. The molecule has 0 aromatic carbocycles. The smallest absolute Gasteiger partial charge is 0.0517 e. The predicted octanol–water partition coefficient (Wildman–Crippen LogP) is 4.17. The van der Waals surface area contributed by atoms with Crippen molar-refractivity contribution in [3.63, 3.8) is 0 Å². The molecule has 1 N–H and O–H groups in total. The number of hydrogen-bond donors (Lipinski definition) is 1. The minimum Gasteiger partial charge on any atom is -0.393 e. The molecule has 15 heavy (non-hydrogen) atoms. The first kappa shape index (κ1) is 14.7. The minimum atomic E-state index is -0.181. The number of aliphatic hydroxyl groups is 1. The molecule has 0 aromatic heterocycles. The molecule has 0 spiro atoms. The Balaban J connectivity index is 4.07. The highest BCUT2D eigenvalue weighted by atomic mass is 16.3. The summed E-state index contributed by atoms with van der Waals surface area (Å²) in [6.07, 6.45) is 6.70. The van der Waals surface area contributed by atoms with Crippen molar-refractivity contribution in [1.29, 1.82) is 0 Å². The van der Waals surface area contributed by atoms with Crippen molar-refractivity contribution in [2.24, 2.45) is 11.8 Å². The van der Waals surface area contributed by atoms with Crippen LogP contribution >= 0.6 is 0 Å². The number of allylic oxidation sites excluding steroid dienone is 2. The van der Waals surface area contributed by atoms with E-state index in [2.05, 4.69) is 33.8 Å². The maximum Gasteiger partial charge on any atom is 0.0517 e. The van der Waals surface area contributed by atoms with Gasteiger partial charge in [0.25, 0.3) is 0 Å². The summed E-state index contributed by atoms with van der Waals surface area (Å²) >= 11 is 0. The summed E-state index contributed by atoms with van der Waals surface area (Å²) in [5.41, 5.74) is 1.55. The van der Waals surface area contributed by atoms with Crippen LogP contribution in [0.1, 0.15) is 60.3 Å². The van der Waals surface area contributed by atoms with E-state index in [1.165, 1.54) is 12.8 Å². The second-order valence-corrected chi connectivity index (χ2v) is 5.17. The number of rotatable bonds is 7. The maximum absolute atomic E-state index is 9.30. The lowest BCUT2D eigenvalue weighted by molar-refractivity contribution is 0.172. The third-order valence-corrected chi connectivity index (χ3v) is 2.73. The molecule has 0 aliphatic carbocycles. The van der Waals surface area contributed by atoms with E-state index in [0.29, 0.717) is 5.92 Å². The van der Waals surface area contributed by atoms with E-state index in [0.717, 1.165) is 18.8 Å². The zero-order chi connectivity index (χ0) is 11.8. The van der Waals surface area contributed by atoms with Gasteiger partial charge in [0.1, 0.15) is 0 Å². The minimum absolute atomic E-state index is 0.181. The molecule has 90 valence electrons. The second-order valence-electron chi connectivity index (χ2n) is 5.17. The molecule has 0 aliphatic heterocycles. The first-order valence-electron chi connectivity index (χ1n) is 6.33. The average molecular weight is 212 g/mol. The van der Waals surface area contributed by atoms with Crippen LogP contribution in [0.5, 0.6) is 0 Å². The van der Waals surface area contributed by atoms with Gasteiger partial charge in [-0.1, -0.05) is 39.3 Å². The molecule has 0 saturated heterocycles. The highest BCUT2D eigenvalue weighted by Gasteiger charge is 2.05. The molecule has 0 heterocycles. The Hall–Kier alpha value is -0.300. The Morgan fingerprint density at radius 3 is 2.20 bits per heavy atom. The van der Waals surface area contributed by atoms with Crippen molar-refractivity contribution in [3.8, 4) is 0 Å². The lowest BCUT2D eigenvalue weighted by atomic mass is 9.95. The largest absolute Gasteiger partial charge is 0.393 e. The molecule has 2 unspecified atom stereocenters. The molecule has 0 bridgehead atoms. The molecular formula is C14H28O. The zero-order valence-corrected chi connectivity index (χ0v) is 11.1. The first-order valence-corrected chi connectivity index (χ1v) is 6.33. The third-order valence-electron chi connectivity index (χ3n) is 2.73. The highest BCUT2D eigenvalue weighted by Crippen LogP contribution is 2.18. The van der Waals surface area contributed by atoms with Gasteiger partial charge in [-0.15, -0.1) is 0 Å². The average Bonchev–Trinajstić information content (AvgIpc) is 2.10. The van der Waals surface area contributed by atoms with Crippen LogP contribution in [0.15, 0.2) is 11.6 Å². The van der Waals surface area contributed by atoms with Gasteiger partial charge in [0, 0.05) is 0 Å². The van der Waals surface area contributed by atoms with Crippen LogP contribution in [-0.2, 0) is 0 Å². The maximum atomic E-state index is 9.30. The number of aliphatic hydroxyl groups excluding tert-OH is 1. The van der Waals surface area contributed by atoms with Crippen LogP contribution in [0, 0.1) is 11.8 Å². The summed E-state index contributed by atoms with van der Waals surface area (Å²) in [5, 5.41) is 9.30. The van der Waals surface area contributed by atoms with Crippen molar-refractivity contribution < 1.29 is 5.11 Å². The van der Waals surface area contributed by atoms with Gasteiger partial charge in [0.15, 0.2) is 0 Å². The molecule has 0 radical (unpaired) electrons. The van der Waals surface area contributed by atoms with E-state index >= 15 is 0 Å². The lowest BCUT2D eigenvalue weighted by Gasteiger charge is -2.13. The standard InChI is InChI=1S/C14H28O/c1-6-14(8-7-11(2)3)10-12(4)9-13(5)15/h10-13,15H,6-9H2,1-5H3/b14-10+. The van der Waals surface area contributed by atoms with Crippen LogP contribution in [-0.4, -0.2) is 11.2 Å². The van der Waals surface area contributed by atoms with Gasteiger partial charge in [-0.2, -0.15) is 0 Å². The third kappa shape index (κ3) is 8.68. The number of hydrogen-bond acceptors (Lipinski definition) is 1. The Labute approximate surface area is 95.6 Å². The Morgan fingerprint density at radius 1 is 1.20 bits per heavy atom. The summed E-state index contributed by atoms with van der Waals surface area (Å²) in [4.78, 5) is 0. The molecule has 0 saturated carbocycles. The van der Waals surface area contributed by atoms with Crippen LogP contribution < -0.4 is 0 Å². The quantitative estimate of drug-likeness (QED) is 0.628. The van der Waals surface area contributed by atoms with Crippen LogP contribution in [0.4, 0.5) is 0 Å². The molecule has 1 nitrogen and oxygen atoms in total. The lowest BCUT2D eigenvalue weighted by Crippen LogP contribution is -2.05. The summed E-state index contributed by atoms with van der Waals surface area (Å²) in [6.45, 7) is 10.8. The van der Waals surface area contributed by atoms with Crippen LogP contribution in [0.25, 0.3) is 0 Å². The summed E-state index contributed by atoms with van der Waals surface area (Å²) in [5.74, 6) is 1.29. The Bertz CT molecular complexity index is 180. The van der Waals surface area contributed by atoms with Gasteiger partial charge in [-0.25, -0.2) is 0 Å². The summed E-state index contributed by atoms with van der Waals surface area (Å²) in [7, 11) is 0. The monoisotopic (exact) mass is 212 g/mol. The van der Waals surface area contributed by atoms with Gasteiger partial charge in [0.2, 0.25) is 0 Å². The molecule has 0 aliphatic rings. The Kier molecular flexibility index (Phi) is 7.76. The van der Waals surface area contributed by atoms with Crippen molar-refractivity contribution in [1.82, 2.24) is 0 Å². The molecule has 1 heteroatoms. The fourth-order valence-electron chi connectivity index (χ4n) is 1.86. The zero-order valence-electron chi connectivity index (χ0n) is 11.1. The van der Waals surface area contributed by atoms with Crippen molar-refractivity contribution >= 4 is 0 Å². The van der Waals surface area contributed by atoms with Gasteiger partial charge < -0.3 is 5.11 Å². The van der Waals surface area contributed by atoms with Gasteiger partial charge >= 0.3 is 0 Å². The molecule has 0 amide bonds. The van der Waals surface area contributed by atoms with E-state index in [1.807, 2.05) is 6.92 Å². The van der Waals surface area contributed by atoms with E-state index in [1.54, 1.807) is 5.57 Å². The molecule has 0 rings (SSSR count). The fourth-order valence-corrected chi connectivity index (χ4v) is 1.86. The van der Waals surface area contributed by atoms with E-state index in [4.69, 9.17) is 0 Å². The van der Waals surface area contributed by atoms with Crippen molar-refractivity contribution in [2.75, 3.05) is 0 Å². The molecule has 0 fully saturated rings. The summed E-state index contributed by atoms with van der Waals surface area (Å²) in [6, 6.07) is 0. The van der Waals surface area contributed by atoms with Crippen LogP contribution in [0.2, 0.25) is 0 Å². The second kappa shape index (κ2) is 7.92.